The molecule has 0 radical (unpaired) electrons. The maximum atomic E-state index is 12.5. The predicted octanol–water partition coefficient (Wildman–Crippen LogP) is 5.52. The van der Waals surface area contributed by atoms with Crippen LogP contribution in [0.5, 0.6) is 0 Å². The van der Waals surface area contributed by atoms with Gasteiger partial charge in [0.05, 0.1) is 0 Å². The molecule has 1 aliphatic heterocycles. The van der Waals surface area contributed by atoms with Gasteiger partial charge < -0.3 is 9.47 Å². The number of rotatable bonds is 6. The Morgan fingerprint density at radius 2 is 1.37 bits per heavy atom. The molecule has 1 unspecified atom stereocenters. The summed E-state index contributed by atoms with van der Waals surface area (Å²) in [6.45, 7) is 7.26. The van der Waals surface area contributed by atoms with Gasteiger partial charge in [-0.1, -0.05) is 92.7 Å². The first kappa shape index (κ1) is 21.6. The molecule has 156 valence electrons. The number of carbonyl (C=O) groups excluding carboxylic acids is 2. The van der Waals surface area contributed by atoms with Gasteiger partial charge in [-0.25, -0.2) is 9.59 Å². The number of allylic oxidation sites excluding steroid dienone is 2. The van der Waals surface area contributed by atoms with Gasteiger partial charge in [0.25, 0.3) is 5.79 Å². The molecule has 1 heterocycles. The Morgan fingerprint density at radius 3 is 1.90 bits per heavy atom. The van der Waals surface area contributed by atoms with E-state index in [-0.39, 0.29) is 23.3 Å². The van der Waals surface area contributed by atoms with Crippen LogP contribution in [0.4, 0.5) is 0 Å². The largest absolute Gasteiger partial charge is 0.419 e. The van der Waals surface area contributed by atoms with Gasteiger partial charge in [-0.15, -0.1) is 0 Å². The van der Waals surface area contributed by atoms with Crippen molar-refractivity contribution < 1.29 is 19.1 Å². The minimum Gasteiger partial charge on any atom is -0.419 e. The molecule has 0 saturated carbocycles. The smallest absolute Gasteiger partial charge is 0.348 e. The van der Waals surface area contributed by atoms with E-state index in [9.17, 15) is 9.59 Å². The second-order valence-corrected chi connectivity index (χ2v) is 8.29. The van der Waals surface area contributed by atoms with Crippen molar-refractivity contribution in [1.82, 2.24) is 0 Å². The zero-order valence-electron chi connectivity index (χ0n) is 17.9. The lowest BCUT2D eigenvalue weighted by atomic mass is 9.77. The van der Waals surface area contributed by atoms with Gasteiger partial charge in [0.15, 0.2) is 0 Å². The number of carbonyl (C=O) groups is 2. The van der Waals surface area contributed by atoms with E-state index in [2.05, 4.69) is 38.1 Å². The quantitative estimate of drug-likeness (QED) is 0.361. The summed E-state index contributed by atoms with van der Waals surface area (Å²) in [4.78, 5) is 25.0. The van der Waals surface area contributed by atoms with Crippen LogP contribution in [0, 0.1) is 11.8 Å². The topological polar surface area (TPSA) is 52.6 Å². The Morgan fingerprint density at radius 1 is 0.833 bits per heavy atom. The molecule has 0 N–H and O–H groups in total. The Bertz CT molecular complexity index is 918. The van der Waals surface area contributed by atoms with Crippen LogP contribution in [0.2, 0.25) is 0 Å². The summed E-state index contributed by atoms with van der Waals surface area (Å²) in [6, 6.07) is 20.1. The van der Waals surface area contributed by atoms with E-state index in [1.54, 1.807) is 19.9 Å². The first-order valence-electron chi connectivity index (χ1n) is 10.2. The molecule has 1 fully saturated rings. The third-order valence-corrected chi connectivity index (χ3v) is 5.14. The van der Waals surface area contributed by atoms with E-state index in [1.165, 1.54) is 0 Å². The standard InChI is InChI=1S/C26H28O4/c1-18(2)22(17-23-24(27)29-26(3,4)30-25(23)28)21(20-13-9-6-10-14-20)16-15-19-11-7-5-8-12-19/h5-18,21-22H,1-4H3/b16-15+/t21?,22-/m0/s1. The van der Waals surface area contributed by atoms with Gasteiger partial charge in [-0.05, 0) is 23.0 Å². The molecule has 0 spiro atoms. The maximum absolute atomic E-state index is 12.5. The third-order valence-electron chi connectivity index (χ3n) is 5.14. The highest BCUT2D eigenvalue weighted by Crippen LogP contribution is 2.35. The van der Waals surface area contributed by atoms with Crippen molar-refractivity contribution in [2.75, 3.05) is 0 Å². The highest BCUT2D eigenvalue weighted by Gasteiger charge is 2.40. The molecule has 0 aliphatic carbocycles. The summed E-state index contributed by atoms with van der Waals surface area (Å²) in [6.07, 6.45) is 5.93. The van der Waals surface area contributed by atoms with E-state index in [0.29, 0.717) is 0 Å². The number of hydrogen-bond donors (Lipinski definition) is 0. The Hall–Kier alpha value is -3.14. The lowest BCUT2D eigenvalue weighted by Gasteiger charge is -2.32. The average Bonchev–Trinajstić information content (AvgIpc) is 2.69. The number of cyclic esters (lactones) is 2. The average molecular weight is 405 g/mol. The van der Waals surface area contributed by atoms with Crippen LogP contribution in [-0.2, 0) is 19.1 Å². The van der Waals surface area contributed by atoms with Crippen LogP contribution in [0.1, 0.15) is 44.7 Å². The SMILES string of the molecule is CC(C)[C@H](C=C1C(=O)OC(C)(C)OC1=O)C(/C=C/c1ccccc1)c1ccccc1. The van der Waals surface area contributed by atoms with Crippen molar-refractivity contribution in [2.45, 2.75) is 39.4 Å². The Balaban J connectivity index is 2.01. The molecule has 0 aromatic heterocycles. The molecular formula is C26H28O4. The van der Waals surface area contributed by atoms with Crippen LogP contribution < -0.4 is 0 Å². The molecule has 0 bridgehead atoms. The van der Waals surface area contributed by atoms with Crippen molar-refractivity contribution in [3.63, 3.8) is 0 Å². The zero-order valence-corrected chi connectivity index (χ0v) is 17.9. The molecule has 1 saturated heterocycles. The fourth-order valence-corrected chi connectivity index (χ4v) is 3.62. The molecular weight excluding hydrogens is 376 g/mol. The lowest BCUT2D eigenvalue weighted by Crippen LogP contribution is -2.42. The van der Waals surface area contributed by atoms with Gasteiger partial charge in [0.1, 0.15) is 5.57 Å². The second-order valence-electron chi connectivity index (χ2n) is 8.29. The number of benzene rings is 2. The molecule has 2 atom stereocenters. The number of esters is 2. The zero-order chi connectivity index (χ0) is 21.7. The minimum absolute atomic E-state index is 0.0329. The van der Waals surface area contributed by atoms with Gasteiger partial charge in [-0.2, -0.15) is 0 Å². The summed E-state index contributed by atoms with van der Waals surface area (Å²) < 4.78 is 10.6. The Kier molecular flexibility index (Phi) is 6.56. The highest BCUT2D eigenvalue weighted by molar-refractivity contribution is 6.15. The normalized spacial score (nSPS) is 18.1. The first-order chi connectivity index (χ1) is 14.3. The summed E-state index contributed by atoms with van der Waals surface area (Å²) >= 11 is 0. The van der Waals surface area contributed by atoms with Crippen LogP contribution in [0.25, 0.3) is 6.08 Å². The second kappa shape index (κ2) is 9.12. The molecule has 1 aliphatic rings. The molecule has 30 heavy (non-hydrogen) atoms. The van der Waals surface area contributed by atoms with Crippen molar-refractivity contribution in [3.8, 4) is 0 Å². The summed E-state index contributed by atoms with van der Waals surface area (Å²) in [5, 5.41) is 0. The van der Waals surface area contributed by atoms with E-state index >= 15 is 0 Å². The van der Waals surface area contributed by atoms with Gasteiger partial charge in [0, 0.05) is 19.8 Å². The molecule has 4 heteroatoms. The van der Waals surface area contributed by atoms with E-state index in [0.717, 1.165) is 11.1 Å². The predicted molar refractivity (Wildman–Crippen MR) is 117 cm³/mol. The van der Waals surface area contributed by atoms with Crippen molar-refractivity contribution >= 4 is 18.0 Å². The van der Waals surface area contributed by atoms with E-state index in [4.69, 9.17) is 9.47 Å². The van der Waals surface area contributed by atoms with Crippen molar-refractivity contribution in [1.29, 1.82) is 0 Å². The minimum atomic E-state index is -1.25. The highest BCUT2D eigenvalue weighted by atomic mass is 16.7. The summed E-state index contributed by atoms with van der Waals surface area (Å²) in [5.74, 6) is -2.50. The lowest BCUT2D eigenvalue weighted by molar-refractivity contribution is -0.222. The van der Waals surface area contributed by atoms with E-state index < -0.39 is 17.7 Å². The van der Waals surface area contributed by atoms with Crippen LogP contribution in [0.15, 0.2) is 78.4 Å². The van der Waals surface area contributed by atoms with Gasteiger partial charge in [-0.3, -0.25) is 0 Å². The molecule has 2 aromatic rings. The van der Waals surface area contributed by atoms with Gasteiger partial charge in [0.2, 0.25) is 0 Å². The number of hydrogen-bond acceptors (Lipinski definition) is 4. The molecule has 2 aromatic carbocycles. The summed E-state index contributed by atoms with van der Waals surface area (Å²) in [5.41, 5.74) is 2.16. The fraction of sp³-hybridized carbons (Fsp3) is 0.308. The number of ether oxygens (including phenoxy) is 2. The van der Waals surface area contributed by atoms with Crippen LogP contribution >= 0.6 is 0 Å². The van der Waals surface area contributed by atoms with Crippen molar-refractivity contribution in [2.24, 2.45) is 11.8 Å². The van der Waals surface area contributed by atoms with Crippen LogP contribution in [0.3, 0.4) is 0 Å². The molecule has 4 nitrogen and oxygen atoms in total. The molecule has 3 rings (SSSR count). The molecule has 0 amide bonds. The summed E-state index contributed by atoms with van der Waals surface area (Å²) in [7, 11) is 0. The van der Waals surface area contributed by atoms with Gasteiger partial charge >= 0.3 is 11.9 Å². The monoisotopic (exact) mass is 404 g/mol. The van der Waals surface area contributed by atoms with Crippen molar-refractivity contribution in [3.05, 3.63) is 89.5 Å². The van der Waals surface area contributed by atoms with E-state index in [1.807, 2.05) is 48.5 Å². The fourth-order valence-electron chi connectivity index (χ4n) is 3.62. The van der Waals surface area contributed by atoms with Crippen LogP contribution in [-0.4, -0.2) is 17.7 Å². The maximum Gasteiger partial charge on any atom is 0.348 e. The third kappa shape index (κ3) is 5.26. The Labute approximate surface area is 178 Å². The first-order valence-corrected chi connectivity index (χ1v) is 10.2.